The summed E-state index contributed by atoms with van der Waals surface area (Å²) in [6, 6.07) is 5.84. The summed E-state index contributed by atoms with van der Waals surface area (Å²) in [4.78, 5) is 50.9. The summed E-state index contributed by atoms with van der Waals surface area (Å²) in [5.41, 5.74) is 0.147. The van der Waals surface area contributed by atoms with E-state index in [0.29, 0.717) is 5.69 Å². The minimum Gasteiger partial charge on any atom is -0.324 e. The molecule has 0 spiro atoms. The molecule has 1 heterocycles. The molecule has 8 nitrogen and oxygen atoms in total. The van der Waals surface area contributed by atoms with Gasteiger partial charge in [-0.15, -0.1) is 13.2 Å². The normalized spacial score (nSPS) is 11.0. The number of hydrogen-bond donors (Lipinski definition) is 1. The smallest absolute Gasteiger partial charge is 0.324 e. The highest BCUT2D eigenvalue weighted by Crippen LogP contribution is 2.32. The zero-order chi connectivity index (χ0) is 23.3. The number of aromatic nitrogens is 3. The van der Waals surface area contributed by atoms with E-state index in [1.54, 1.807) is 0 Å². The van der Waals surface area contributed by atoms with Gasteiger partial charge in [0.2, 0.25) is 5.91 Å². The van der Waals surface area contributed by atoms with Crippen molar-refractivity contribution in [2.45, 2.75) is 59.2 Å². The average molecular weight is 427 g/mol. The molecular formula is C23H30N4O4. The van der Waals surface area contributed by atoms with Crippen LogP contribution >= 0.6 is 0 Å². The van der Waals surface area contributed by atoms with Crippen LogP contribution in [0.1, 0.15) is 50.7 Å². The van der Waals surface area contributed by atoms with Crippen molar-refractivity contribution in [2.75, 3.05) is 5.32 Å². The van der Waals surface area contributed by atoms with Crippen LogP contribution in [0.25, 0.3) is 0 Å². The van der Waals surface area contributed by atoms with Crippen molar-refractivity contribution in [1.29, 1.82) is 0 Å². The first-order chi connectivity index (χ1) is 14.6. The molecule has 0 atom stereocenters. The van der Waals surface area contributed by atoms with E-state index in [4.69, 9.17) is 0 Å². The molecule has 0 aliphatic heterocycles. The Balaban J connectivity index is 2.54. The lowest BCUT2D eigenvalue weighted by atomic mass is 9.92. The highest BCUT2D eigenvalue weighted by molar-refractivity contribution is 5.92. The van der Waals surface area contributed by atoms with Crippen LogP contribution in [0.2, 0.25) is 0 Å². The van der Waals surface area contributed by atoms with E-state index in [1.165, 1.54) is 12.2 Å². The summed E-state index contributed by atoms with van der Waals surface area (Å²) in [6.45, 7) is 14.5. The van der Waals surface area contributed by atoms with Crippen LogP contribution in [-0.2, 0) is 24.4 Å². The van der Waals surface area contributed by atoms with Crippen molar-refractivity contribution >= 4 is 11.6 Å². The molecule has 0 bridgehead atoms. The topological polar surface area (TPSA) is 95.1 Å². The fraction of sp³-hybridized carbons (Fsp3) is 0.391. The number of carbonyl (C=O) groups is 1. The van der Waals surface area contributed by atoms with Gasteiger partial charge in [-0.05, 0) is 23.0 Å². The number of hydrogen-bond acceptors (Lipinski definition) is 4. The Morgan fingerprint density at radius 2 is 1.29 bits per heavy atom. The SMILES string of the molecule is C=CCn1c(=O)n(CC=C)c(=O)n(CC(=O)Nc2c(C(C)C)cccc2C(C)C)c1=O. The number of carbonyl (C=O) groups excluding carboxylic acids is 1. The zero-order valence-electron chi connectivity index (χ0n) is 18.6. The molecule has 1 amide bonds. The highest BCUT2D eigenvalue weighted by Gasteiger charge is 2.19. The van der Waals surface area contributed by atoms with Crippen LogP contribution in [0.3, 0.4) is 0 Å². The number of para-hydroxylation sites is 1. The van der Waals surface area contributed by atoms with Crippen LogP contribution in [0.5, 0.6) is 0 Å². The molecule has 0 radical (unpaired) electrons. The summed E-state index contributed by atoms with van der Waals surface area (Å²) in [7, 11) is 0. The molecule has 1 N–H and O–H groups in total. The molecule has 0 fully saturated rings. The lowest BCUT2D eigenvalue weighted by Crippen LogP contribution is -2.55. The second-order valence-corrected chi connectivity index (χ2v) is 7.90. The lowest BCUT2D eigenvalue weighted by Gasteiger charge is -2.20. The van der Waals surface area contributed by atoms with Crippen LogP contribution in [0, 0.1) is 0 Å². The Hall–Kier alpha value is -3.42. The summed E-state index contributed by atoms with van der Waals surface area (Å²) < 4.78 is 2.50. The largest absolute Gasteiger partial charge is 0.337 e. The van der Waals surface area contributed by atoms with Gasteiger partial charge in [0.25, 0.3) is 0 Å². The van der Waals surface area contributed by atoms with E-state index in [-0.39, 0.29) is 24.9 Å². The quantitative estimate of drug-likeness (QED) is 0.623. The van der Waals surface area contributed by atoms with E-state index in [9.17, 15) is 19.2 Å². The molecule has 0 saturated heterocycles. The molecule has 0 aliphatic rings. The summed E-state index contributed by atoms with van der Waals surface area (Å²) in [6.07, 6.45) is 2.76. The molecule has 0 unspecified atom stereocenters. The third-order valence-electron chi connectivity index (χ3n) is 4.95. The first-order valence-corrected chi connectivity index (χ1v) is 10.2. The van der Waals surface area contributed by atoms with Crippen LogP contribution in [0.15, 0.2) is 57.9 Å². The maximum absolute atomic E-state index is 12.9. The Morgan fingerprint density at radius 3 is 1.68 bits per heavy atom. The van der Waals surface area contributed by atoms with Crippen molar-refractivity contribution in [3.05, 3.63) is 86.1 Å². The van der Waals surface area contributed by atoms with Gasteiger partial charge in [-0.25, -0.2) is 28.1 Å². The zero-order valence-corrected chi connectivity index (χ0v) is 18.6. The molecule has 0 aliphatic carbocycles. The van der Waals surface area contributed by atoms with Gasteiger partial charge < -0.3 is 5.32 Å². The minimum absolute atomic E-state index is 0.0790. The van der Waals surface area contributed by atoms with Crippen LogP contribution in [-0.4, -0.2) is 19.6 Å². The predicted molar refractivity (Wildman–Crippen MR) is 123 cm³/mol. The molecule has 1 aromatic carbocycles. The fourth-order valence-corrected chi connectivity index (χ4v) is 3.41. The van der Waals surface area contributed by atoms with Crippen molar-refractivity contribution < 1.29 is 4.79 Å². The summed E-state index contributed by atoms with van der Waals surface area (Å²) >= 11 is 0. The Kier molecular flexibility index (Phi) is 7.74. The van der Waals surface area contributed by atoms with E-state index in [1.807, 2.05) is 45.9 Å². The molecule has 166 valence electrons. The third kappa shape index (κ3) is 5.02. The lowest BCUT2D eigenvalue weighted by molar-refractivity contribution is -0.116. The molecule has 2 rings (SSSR count). The second-order valence-electron chi connectivity index (χ2n) is 7.90. The van der Waals surface area contributed by atoms with Gasteiger partial charge in [0.1, 0.15) is 6.54 Å². The Morgan fingerprint density at radius 1 is 0.871 bits per heavy atom. The first-order valence-electron chi connectivity index (χ1n) is 10.2. The minimum atomic E-state index is -0.855. The maximum Gasteiger partial charge on any atom is 0.337 e. The summed E-state index contributed by atoms with van der Waals surface area (Å²) in [5.74, 6) is -0.199. The standard InChI is InChI=1S/C23H30N4O4/c1-7-12-25-21(29)26(13-8-2)23(31)27(22(25)30)14-19(28)24-20-17(15(3)4)10-9-11-18(20)16(5)6/h7-11,15-16H,1-2,12-14H2,3-6H3,(H,24,28). The Bertz CT molecular complexity index is 1090. The van der Waals surface area contributed by atoms with Crippen molar-refractivity contribution in [1.82, 2.24) is 13.7 Å². The molecule has 8 heteroatoms. The van der Waals surface area contributed by atoms with Crippen LogP contribution < -0.4 is 22.4 Å². The number of rotatable bonds is 9. The van der Waals surface area contributed by atoms with Gasteiger partial charge in [-0.2, -0.15) is 0 Å². The molecule has 1 aromatic heterocycles. The van der Waals surface area contributed by atoms with Gasteiger partial charge in [0.05, 0.1) is 13.1 Å². The molecule has 0 saturated carbocycles. The van der Waals surface area contributed by atoms with Crippen molar-refractivity contribution in [3.8, 4) is 0 Å². The van der Waals surface area contributed by atoms with E-state index in [2.05, 4.69) is 18.5 Å². The van der Waals surface area contributed by atoms with Gasteiger partial charge in [0.15, 0.2) is 0 Å². The number of benzene rings is 1. The van der Waals surface area contributed by atoms with E-state index >= 15 is 0 Å². The van der Waals surface area contributed by atoms with E-state index < -0.39 is 29.5 Å². The second kappa shape index (κ2) is 10.1. The Labute approximate surface area is 181 Å². The maximum atomic E-state index is 12.9. The third-order valence-corrected chi connectivity index (χ3v) is 4.95. The average Bonchev–Trinajstić information content (AvgIpc) is 2.71. The van der Waals surface area contributed by atoms with Gasteiger partial charge in [-0.1, -0.05) is 58.0 Å². The van der Waals surface area contributed by atoms with Gasteiger partial charge in [-0.3, -0.25) is 4.79 Å². The van der Waals surface area contributed by atoms with Gasteiger partial charge >= 0.3 is 17.1 Å². The highest BCUT2D eigenvalue weighted by atomic mass is 16.2. The fourth-order valence-electron chi connectivity index (χ4n) is 3.41. The number of anilines is 1. The van der Waals surface area contributed by atoms with Crippen molar-refractivity contribution in [2.24, 2.45) is 0 Å². The number of nitrogens with one attached hydrogen (secondary N) is 1. The number of allylic oxidation sites excluding steroid dienone is 2. The molecule has 2 aromatic rings. The monoisotopic (exact) mass is 426 g/mol. The first kappa shape index (κ1) is 23.9. The summed E-state index contributed by atoms with van der Waals surface area (Å²) in [5, 5.41) is 2.89. The number of amides is 1. The van der Waals surface area contributed by atoms with Crippen molar-refractivity contribution in [3.63, 3.8) is 0 Å². The number of nitrogens with zero attached hydrogens (tertiary/aromatic N) is 3. The van der Waals surface area contributed by atoms with Gasteiger partial charge in [0, 0.05) is 5.69 Å². The molecular weight excluding hydrogens is 396 g/mol. The van der Waals surface area contributed by atoms with Crippen LogP contribution in [0.4, 0.5) is 5.69 Å². The van der Waals surface area contributed by atoms with E-state index in [0.717, 1.165) is 24.8 Å². The predicted octanol–water partition coefficient (Wildman–Crippen LogP) is 2.43. The molecule has 31 heavy (non-hydrogen) atoms.